The van der Waals surface area contributed by atoms with Crippen LogP contribution < -0.4 is 4.72 Å². The van der Waals surface area contributed by atoms with Gasteiger partial charge < -0.3 is 0 Å². The average molecular weight is 435 g/mol. The van der Waals surface area contributed by atoms with Gasteiger partial charge in [-0.25, -0.2) is 18.1 Å². The van der Waals surface area contributed by atoms with Gasteiger partial charge >= 0.3 is 0 Å². The molecule has 0 unspecified atom stereocenters. The van der Waals surface area contributed by atoms with Gasteiger partial charge in [0, 0.05) is 23.9 Å². The SMILES string of the molecule is Cc1cccc(Cc2nc(CCNS(=O)(=O)c3ccc(Br)cc3)n[nH]2)c1. The van der Waals surface area contributed by atoms with Gasteiger partial charge in [0.15, 0.2) is 5.82 Å². The molecule has 3 rings (SSSR count). The zero-order valence-electron chi connectivity index (χ0n) is 14.2. The number of aryl methyl sites for hydroxylation is 1. The molecule has 2 N–H and O–H groups in total. The number of sulfonamides is 1. The van der Waals surface area contributed by atoms with Gasteiger partial charge in [-0.15, -0.1) is 0 Å². The van der Waals surface area contributed by atoms with E-state index in [1.54, 1.807) is 24.3 Å². The molecule has 0 bridgehead atoms. The summed E-state index contributed by atoms with van der Waals surface area (Å²) >= 11 is 3.29. The molecule has 26 heavy (non-hydrogen) atoms. The van der Waals surface area contributed by atoms with Gasteiger partial charge in [-0.1, -0.05) is 45.8 Å². The van der Waals surface area contributed by atoms with Gasteiger partial charge in [0.2, 0.25) is 10.0 Å². The Morgan fingerprint density at radius 3 is 2.65 bits per heavy atom. The van der Waals surface area contributed by atoms with E-state index in [0.29, 0.717) is 18.7 Å². The summed E-state index contributed by atoms with van der Waals surface area (Å²) in [5, 5.41) is 7.08. The van der Waals surface area contributed by atoms with Crippen molar-refractivity contribution < 1.29 is 8.42 Å². The molecule has 3 aromatic rings. The molecular formula is C18H19BrN4O2S. The normalized spacial score (nSPS) is 11.6. The van der Waals surface area contributed by atoms with E-state index >= 15 is 0 Å². The maximum Gasteiger partial charge on any atom is 0.240 e. The molecule has 0 spiro atoms. The first-order valence-corrected chi connectivity index (χ1v) is 10.4. The number of rotatable bonds is 7. The first kappa shape index (κ1) is 18.8. The third kappa shape index (κ3) is 5.00. The standard InChI is InChI=1S/C18H19BrN4O2S/c1-13-3-2-4-14(11-13)12-18-21-17(22-23-18)9-10-20-26(24,25)16-7-5-15(19)6-8-16/h2-8,11,20H,9-10,12H2,1H3,(H,21,22,23). The van der Waals surface area contributed by atoms with Crippen LogP contribution in [0.3, 0.4) is 0 Å². The largest absolute Gasteiger partial charge is 0.263 e. The number of benzene rings is 2. The fourth-order valence-corrected chi connectivity index (χ4v) is 3.83. The lowest BCUT2D eigenvalue weighted by Gasteiger charge is -2.05. The number of aromatic nitrogens is 3. The van der Waals surface area contributed by atoms with Gasteiger partial charge in [-0.3, -0.25) is 5.10 Å². The molecule has 0 radical (unpaired) electrons. The van der Waals surface area contributed by atoms with Crippen molar-refractivity contribution in [3.63, 3.8) is 0 Å². The number of H-pyrrole nitrogens is 1. The molecule has 0 amide bonds. The monoisotopic (exact) mass is 434 g/mol. The van der Waals surface area contributed by atoms with E-state index in [1.165, 1.54) is 5.56 Å². The van der Waals surface area contributed by atoms with Crippen LogP contribution in [0, 0.1) is 6.92 Å². The van der Waals surface area contributed by atoms with Crippen molar-refractivity contribution in [1.29, 1.82) is 0 Å². The van der Waals surface area contributed by atoms with Gasteiger partial charge in [-0.2, -0.15) is 5.10 Å². The molecule has 0 aliphatic rings. The quantitative estimate of drug-likeness (QED) is 0.598. The van der Waals surface area contributed by atoms with Crippen molar-refractivity contribution in [1.82, 2.24) is 19.9 Å². The molecule has 6 nitrogen and oxygen atoms in total. The van der Waals surface area contributed by atoms with E-state index in [9.17, 15) is 8.42 Å². The molecule has 0 atom stereocenters. The van der Waals surface area contributed by atoms with Crippen molar-refractivity contribution in [2.45, 2.75) is 24.7 Å². The van der Waals surface area contributed by atoms with Gasteiger partial charge in [0.05, 0.1) is 4.90 Å². The predicted octanol–water partition coefficient (Wildman–Crippen LogP) is 2.99. The first-order chi connectivity index (χ1) is 12.4. The van der Waals surface area contributed by atoms with Crippen molar-refractivity contribution in [3.8, 4) is 0 Å². The molecule has 0 aliphatic carbocycles. The molecule has 8 heteroatoms. The number of hydrogen-bond donors (Lipinski definition) is 2. The Kier molecular flexibility index (Phi) is 5.85. The van der Waals surface area contributed by atoms with Crippen LogP contribution in [0.25, 0.3) is 0 Å². The highest BCUT2D eigenvalue weighted by atomic mass is 79.9. The van der Waals surface area contributed by atoms with Gasteiger partial charge in [0.25, 0.3) is 0 Å². The summed E-state index contributed by atoms with van der Waals surface area (Å²) in [5.74, 6) is 1.35. The lowest BCUT2D eigenvalue weighted by atomic mass is 10.1. The molecular weight excluding hydrogens is 416 g/mol. The highest BCUT2D eigenvalue weighted by Crippen LogP contribution is 2.14. The summed E-state index contributed by atoms with van der Waals surface area (Å²) in [6, 6.07) is 14.7. The van der Waals surface area contributed by atoms with E-state index in [0.717, 1.165) is 15.9 Å². The average Bonchev–Trinajstić information content (AvgIpc) is 3.02. The number of hydrogen-bond acceptors (Lipinski definition) is 4. The van der Waals surface area contributed by atoms with E-state index in [-0.39, 0.29) is 11.4 Å². The highest BCUT2D eigenvalue weighted by Gasteiger charge is 2.13. The molecule has 2 aromatic carbocycles. The van der Waals surface area contributed by atoms with Crippen molar-refractivity contribution in [3.05, 3.63) is 75.8 Å². The molecule has 136 valence electrons. The smallest absolute Gasteiger partial charge is 0.240 e. The van der Waals surface area contributed by atoms with Gasteiger partial charge in [0.1, 0.15) is 5.82 Å². The second-order valence-corrected chi connectivity index (χ2v) is 8.65. The van der Waals surface area contributed by atoms with E-state index in [2.05, 4.69) is 41.9 Å². The minimum atomic E-state index is -3.53. The van der Waals surface area contributed by atoms with Gasteiger partial charge in [-0.05, 0) is 36.8 Å². The number of halogens is 1. The molecule has 1 aromatic heterocycles. The fraction of sp³-hybridized carbons (Fsp3) is 0.222. The second-order valence-electron chi connectivity index (χ2n) is 5.97. The van der Waals surface area contributed by atoms with Crippen molar-refractivity contribution >= 4 is 26.0 Å². The van der Waals surface area contributed by atoms with Crippen LogP contribution in [0.15, 0.2) is 57.9 Å². The topological polar surface area (TPSA) is 87.7 Å². The van der Waals surface area contributed by atoms with E-state index in [4.69, 9.17) is 0 Å². The summed E-state index contributed by atoms with van der Waals surface area (Å²) in [4.78, 5) is 4.66. The maximum atomic E-state index is 12.2. The molecule has 0 saturated heterocycles. The summed E-state index contributed by atoms with van der Waals surface area (Å²) in [7, 11) is -3.53. The zero-order valence-corrected chi connectivity index (χ0v) is 16.6. The molecule has 0 fully saturated rings. The third-order valence-corrected chi connectivity index (χ3v) is 5.80. The lowest BCUT2D eigenvalue weighted by molar-refractivity contribution is 0.581. The third-order valence-electron chi connectivity index (χ3n) is 3.80. The maximum absolute atomic E-state index is 12.2. The Morgan fingerprint density at radius 1 is 1.15 bits per heavy atom. The highest BCUT2D eigenvalue weighted by molar-refractivity contribution is 9.10. The van der Waals surface area contributed by atoms with Crippen LogP contribution >= 0.6 is 15.9 Å². The van der Waals surface area contributed by atoms with Crippen LogP contribution in [0.2, 0.25) is 0 Å². The summed E-state index contributed by atoms with van der Waals surface area (Å²) < 4.78 is 27.9. The van der Waals surface area contributed by atoms with Crippen LogP contribution in [0.4, 0.5) is 0 Å². The van der Waals surface area contributed by atoms with Crippen LogP contribution in [-0.4, -0.2) is 30.1 Å². The summed E-state index contributed by atoms with van der Waals surface area (Å²) in [6.45, 7) is 2.28. The Hall–Kier alpha value is -2.03. The Labute approximate surface area is 161 Å². The van der Waals surface area contributed by atoms with E-state index < -0.39 is 10.0 Å². The second kappa shape index (κ2) is 8.11. The minimum Gasteiger partial charge on any atom is -0.263 e. The summed E-state index contributed by atoms with van der Waals surface area (Å²) in [5.41, 5.74) is 2.35. The van der Waals surface area contributed by atoms with Crippen LogP contribution in [0.5, 0.6) is 0 Å². The van der Waals surface area contributed by atoms with E-state index in [1.807, 2.05) is 25.1 Å². The molecule has 1 heterocycles. The van der Waals surface area contributed by atoms with Crippen LogP contribution in [-0.2, 0) is 22.9 Å². The van der Waals surface area contributed by atoms with Crippen LogP contribution in [0.1, 0.15) is 22.8 Å². The Morgan fingerprint density at radius 2 is 1.92 bits per heavy atom. The van der Waals surface area contributed by atoms with Crippen molar-refractivity contribution in [2.24, 2.45) is 0 Å². The fourth-order valence-electron chi connectivity index (χ4n) is 2.54. The summed E-state index contributed by atoms with van der Waals surface area (Å²) in [6.07, 6.45) is 1.08. The number of nitrogens with zero attached hydrogens (tertiary/aromatic N) is 2. The molecule has 0 saturated carbocycles. The minimum absolute atomic E-state index is 0.232. The number of nitrogens with one attached hydrogen (secondary N) is 2. The lowest BCUT2D eigenvalue weighted by Crippen LogP contribution is -2.26. The number of aromatic amines is 1. The first-order valence-electron chi connectivity index (χ1n) is 8.13. The Balaban J connectivity index is 1.55. The zero-order chi connectivity index (χ0) is 18.6. The molecule has 0 aliphatic heterocycles. The predicted molar refractivity (Wildman–Crippen MR) is 103 cm³/mol. The Bertz CT molecular complexity index is 984. The van der Waals surface area contributed by atoms with Crippen molar-refractivity contribution in [2.75, 3.05) is 6.54 Å².